The highest BCUT2D eigenvalue weighted by atomic mass is 32.2. The zero-order chi connectivity index (χ0) is 28.5. The van der Waals surface area contributed by atoms with Crippen molar-refractivity contribution in [3.8, 4) is 0 Å². The number of nitrogens with one attached hydrogen (secondary N) is 2. The molecule has 2 saturated heterocycles. The number of amides is 3. The number of hydrogen-bond donors (Lipinski definition) is 2. The van der Waals surface area contributed by atoms with Gasteiger partial charge in [-0.3, -0.25) is 14.5 Å². The SMILES string of the molecule is CC(C)(C)OC(=O)N1CSC[C@H]1C(=O)N[C@@H](CSCC1CCCCC1)C(=O)NC1CCN(c2ccccc2)CC1. The lowest BCUT2D eigenvalue weighted by Gasteiger charge is -2.35. The first-order valence-electron chi connectivity index (χ1n) is 14.8. The van der Waals surface area contributed by atoms with E-state index in [1.54, 1.807) is 11.8 Å². The van der Waals surface area contributed by atoms with Crippen LogP contribution in [0.1, 0.15) is 65.7 Å². The Bertz CT molecular complexity index is 976. The van der Waals surface area contributed by atoms with E-state index in [0.717, 1.165) is 31.7 Å². The molecule has 3 aliphatic rings. The van der Waals surface area contributed by atoms with Gasteiger partial charge in [0.1, 0.15) is 17.7 Å². The highest BCUT2D eigenvalue weighted by molar-refractivity contribution is 7.99. The number of ether oxygens (including phenoxy) is 1. The molecule has 1 aliphatic carbocycles. The molecule has 8 nitrogen and oxygen atoms in total. The molecule has 1 aromatic rings. The summed E-state index contributed by atoms with van der Waals surface area (Å²) in [6, 6.07) is 9.16. The Kier molecular flexibility index (Phi) is 11.4. The molecule has 222 valence electrons. The van der Waals surface area contributed by atoms with Crippen molar-refractivity contribution in [1.29, 1.82) is 0 Å². The summed E-state index contributed by atoms with van der Waals surface area (Å²) < 4.78 is 5.53. The highest BCUT2D eigenvalue weighted by Gasteiger charge is 2.39. The summed E-state index contributed by atoms with van der Waals surface area (Å²) >= 11 is 3.29. The number of rotatable bonds is 9. The van der Waals surface area contributed by atoms with Crippen molar-refractivity contribution in [3.05, 3.63) is 30.3 Å². The van der Waals surface area contributed by atoms with Gasteiger partial charge < -0.3 is 20.3 Å². The molecule has 40 heavy (non-hydrogen) atoms. The second-order valence-electron chi connectivity index (χ2n) is 12.2. The van der Waals surface area contributed by atoms with Crippen LogP contribution in [0.5, 0.6) is 0 Å². The topological polar surface area (TPSA) is 91.0 Å². The molecule has 2 aliphatic heterocycles. The van der Waals surface area contributed by atoms with E-state index < -0.39 is 23.8 Å². The predicted octanol–water partition coefficient (Wildman–Crippen LogP) is 4.88. The Labute approximate surface area is 248 Å². The van der Waals surface area contributed by atoms with E-state index in [-0.39, 0.29) is 17.9 Å². The summed E-state index contributed by atoms with van der Waals surface area (Å²) in [6.45, 7) is 7.21. The Morgan fingerprint density at radius 3 is 2.42 bits per heavy atom. The molecule has 3 amide bonds. The quantitative estimate of drug-likeness (QED) is 0.424. The minimum absolute atomic E-state index is 0.0792. The first-order chi connectivity index (χ1) is 19.2. The van der Waals surface area contributed by atoms with E-state index in [9.17, 15) is 14.4 Å². The number of nitrogens with zero attached hydrogens (tertiary/aromatic N) is 2. The van der Waals surface area contributed by atoms with E-state index >= 15 is 0 Å². The monoisotopic (exact) mass is 590 g/mol. The molecule has 0 spiro atoms. The summed E-state index contributed by atoms with van der Waals surface area (Å²) in [5, 5.41) is 6.26. The molecule has 0 radical (unpaired) electrons. The van der Waals surface area contributed by atoms with Crippen molar-refractivity contribution in [2.45, 2.75) is 89.4 Å². The lowest BCUT2D eigenvalue weighted by atomic mass is 9.91. The fraction of sp³-hybridized carbons (Fsp3) is 0.700. The van der Waals surface area contributed by atoms with Gasteiger partial charge in [-0.2, -0.15) is 11.8 Å². The molecule has 3 fully saturated rings. The number of carbonyl (C=O) groups is 3. The number of benzene rings is 1. The molecule has 2 heterocycles. The molecule has 0 aromatic heterocycles. The van der Waals surface area contributed by atoms with Crippen molar-refractivity contribution in [3.63, 3.8) is 0 Å². The van der Waals surface area contributed by atoms with Crippen LogP contribution in [-0.2, 0) is 14.3 Å². The van der Waals surface area contributed by atoms with Crippen LogP contribution in [-0.4, -0.2) is 82.8 Å². The fourth-order valence-corrected chi connectivity index (χ4v) is 7.96. The Balaban J connectivity index is 1.34. The van der Waals surface area contributed by atoms with Gasteiger partial charge in [0, 0.05) is 36.3 Å². The lowest BCUT2D eigenvalue weighted by molar-refractivity contribution is -0.131. The van der Waals surface area contributed by atoms with E-state index in [1.165, 1.54) is 54.5 Å². The first-order valence-corrected chi connectivity index (χ1v) is 17.1. The number of piperidine rings is 1. The third kappa shape index (κ3) is 9.23. The predicted molar refractivity (Wildman–Crippen MR) is 165 cm³/mol. The van der Waals surface area contributed by atoms with Gasteiger partial charge >= 0.3 is 6.09 Å². The molecule has 1 saturated carbocycles. The second-order valence-corrected chi connectivity index (χ2v) is 14.2. The minimum Gasteiger partial charge on any atom is -0.444 e. The Hall–Kier alpha value is -2.07. The van der Waals surface area contributed by atoms with Crippen LogP contribution >= 0.6 is 23.5 Å². The molecular weight excluding hydrogens is 544 g/mol. The number of carbonyl (C=O) groups excluding carboxylic acids is 3. The fourth-order valence-electron chi connectivity index (χ4n) is 5.54. The number of thioether (sulfide) groups is 2. The van der Waals surface area contributed by atoms with E-state index in [2.05, 4.69) is 27.7 Å². The Morgan fingerprint density at radius 1 is 1.05 bits per heavy atom. The maximum atomic E-state index is 13.5. The molecule has 10 heteroatoms. The third-order valence-corrected chi connectivity index (χ3v) is 10.1. The molecule has 2 atom stereocenters. The van der Waals surface area contributed by atoms with Crippen LogP contribution in [0, 0.1) is 5.92 Å². The molecular formula is C30H46N4O4S2. The van der Waals surface area contributed by atoms with Crippen LogP contribution in [0.4, 0.5) is 10.5 Å². The average Bonchev–Trinajstić information content (AvgIpc) is 3.44. The van der Waals surface area contributed by atoms with Crippen molar-refractivity contribution >= 4 is 47.1 Å². The van der Waals surface area contributed by atoms with Gasteiger partial charge in [0.05, 0.1) is 5.88 Å². The number of para-hydroxylation sites is 1. The van der Waals surface area contributed by atoms with Gasteiger partial charge in [-0.15, -0.1) is 11.8 Å². The lowest BCUT2D eigenvalue weighted by Crippen LogP contribution is -2.57. The van der Waals surface area contributed by atoms with Crippen LogP contribution in [0.15, 0.2) is 30.3 Å². The van der Waals surface area contributed by atoms with Gasteiger partial charge in [0.25, 0.3) is 0 Å². The van der Waals surface area contributed by atoms with Gasteiger partial charge in [0.2, 0.25) is 11.8 Å². The summed E-state index contributed by atoms with van der Waals surface area (Å²) in [5.74, 6) is 2.72. The van der Waals surface area contributed by atoms with E-state index in [1.807, 2.05) is 39.0 Å². The van der Waals surface area contributed by atoms with Gasteiger partial charge in [-0.05, 0) is 70.3 Å². The summed E-state index contributed by atoms with van der Waals surface area (Å²) in [5.41, 5.74) is 0.570. The number of hydrogen-bond acceptors (Lipinski definition) is 7. The van der Waals surface area contributed by atoms with Crippen LogP contribution < -0.4 is 15.5 Å². The van der Waals surface area contributed by atoms with Gasteiger partial charge in [0.15, 0.2) is 0 Å². The van der Waals surface area contributed by atoms with Crippen molar-refractivity contribution < 1.29 is 19.1 Å². The van der Waals surface area contributed by atoms with Crippen LogP contribution in [0.2, 0.25) is 0 Å². The number of anilines is 1. The second kappa shape index (κ2) is 14.7. The van der Waals surface area contributed by atoms with E-state index in [4.69, 9.17) is 4.74 Å². The molecule has 0 bridgehead atoms. The molecule has 0 unspecified atom stereocenters. The highest BCUT2D eigenvalue weighted by Crippen LogP contribution is 2.28. The summed E-state index contributed by atoms with van der Waals surface area (Å²) in [6.07, 6.45) is 7.63. The maximum absolute atomic E-state index is 13.5. The minimum atomic E-state index is -0.646. The summed E-state index contributed by atoms with van der Waals surface area (Å²) in [7, 11) is 0. The van der Waals surface area contributed by atoms with Crippen molar-refractivity contribution in [1.82, 2.24) is 15.5 Å². The normalized spacial score (nSPS) is 21.6. The standard InChI is InChI=1S/C30H46N4O4S2/c1-30(2,3)38-29(37)34-21-40-20-26(34)28(36)32-25(19-39-18-22-10-6-4-7-11-22)27(35)31-23-14-16-33(17-15-23)24-12-8-5-9-13-24/h5,8-9,12-13,22-23,25-26H,4,6-7,10-11,14-21H2,1-3H3,(H,31,35)(H,32,36)/t25-,26-/m0/s1. The zero-order valence-electron chi connectivity index (χ0n) is 24.2. The van der Waals surface area contributed by atoms with Crippen molar-refractivity contribution in [2.75, 3.05) is 41.1 Å². The molecule has 2 N–H and O–H groups in total. The van der Waals surface area contributed by atoms with E-state index in [0.29, 0.717) is 23.3 Å². The van der Waals surface area contributed by atoms with Crippen molar-refractivity contribution in [2.24, 2.45) is 5.92 Å². The summed E-state index contributed by atoms with van der Waals surface area (Å²) in [4.78, 5) is 43.6. The van der Waals surface area contributed by atoms with Crippen LogP contribution in [0.25, 0.3) is 0 Å². The maximum Gasteiger partial charge on any atom is 0.411 e. The Morgan fingerprint density at radius 2 is 1.75 bits per heavy atom. The first kappa shape index (κ1) is 30.9. The van der Waals surface area contributed by atoms with Gasteiger partial charge in [-0.25, -0.2) is 4.79 Å². The molecule has 4 rings (SSSR count). The van der Waals surface area contributed by atoms with Crippen LogP contribution in [0.3, 0.4) is 0 Å². The molecule has 1 aromatic carbocycles. The third-order valence-electron chi connectivity index (χ3n) is 7.77. The van der Waals surface area contributed by atoms with Gasteiger partial charge in [-0.1, -0.05) is 37.5 Å². The largest absolute Gasteiger partial charge is 0.444 e. The average molecular weight is 591 g/mol. The smallest absolute Gasteiger partial charge is 0.411 e. The zero-order valence-corrected chi connectivity index (χ0v) is 25.9.